The van der Waals surface area contributed by atoms with E-state index in [1.165, 1.54) is 0 Å². The van der Waals surface area contributed by atoms with Crippen molar-refractivity contribution >= 4 is 11.8 Å². The number of aromatic carboxylic acids is 1. The number of carbonyl (C=O) groups is 1. The molecule has 98 valence electrons. The van der Waals surface area contributed by atoms with E-state index in [-0.39, 0.29) is 0 Å². The third-order valence-corrected chi connectivity index (χ3v) is 2.77. The fraction of sp³-hybridized carbons (Fsp3) is 0.214. The predicted molar refractivity (Wildman–Crippen MR) is 72.3 cm³/mol. The first-order valence-electron chi connectivity index (χ1n) is 5.89. The van der Waals surface area contributed by atoms with E-state index >= 15 is 0 Å². The van der Waals surface area contributed by atoms with Crippen LogP contribution in [-0.4, -0.2) is 28.1 Å². The number of aromatic nitrogens is 2. The Bertz CT molecular complexity index is 581. The zero-order chi connectivity index (χ0) is 13.8. The molecule has 0 atom stereocenters. The van der Waals surface area contributed by atoms with Crippen molar-refractivity contribution in [3.05, 3.63) is 53.5 Å². The largest absolute Gasteiger partial charge is 0.478 e. The summed E-state index contributed by atoms with van der Waals surface area (Å²) in [4.78, 5) is 21.1. The summed E-state index contributed by atoms with van der Waals surface area (Å²) in [5.41, 5.74) is 1.33. The van der Waals surface area contributed by atoms with Crippen molar-refractivity contribution in [1.82, 2.24) is 9.97 Å². The molecule has 0 radical (unpaired) electrons. The summed E-state index contributed by atoms with van der Waals surface area (Å²) in [6.07, 6.45) is 1.72. The SMILES string of the molecule is Cc1nccc(N(C)Cc2ccc(C(=O)O)cc2)n1. The average Bonchev–Trinajstić information content (AvgIpc) is 2.39. The summed E-state index contributed by atoms with van der Waals surface area (Å²) in [7, 11) is 1.94. The smallest absolute Gasteiger partial charge is 0.335 e. The maximum Gasteiger partial charge on any atom is 0.335 e. The number of aryl methyl sites for hydroxylation is 1. The van der Waals surface area contributed by atoms with Crippen LogP contribution < -0.4 is 4.90 Å². The molecule has 2 rings (SSSR count). The Hall–Kier alpha value is -2.43. The van der Waals surface area contributed by atoms with Crippen LogP contribution in [0.4, 0.5) is 5.82 Å². The third-order valence-electron chi connectivity index (χ3n) is 2.77. The van der Waals surface area contributed by atoms with Gasteiger partial charge in [-0.05, 0) is 30.7 Å². The van der Waals surface area contributed by atoms with Crippen LogP contribution in [0.2, 0.25) is 0 Å². The Kier molecular flexibility index (Phi) is 3.75. The lowest BCUT2D eigenvalue weighted by molar-refractivity contribution is 0.0697. The Morgan fingerprint density at radius 1 is 1.26 bits per heavy atom. The standard InChI is InChI=1S/C14H15N3O2/c1-10-15-8-7-13(16-10)17(2)9-11-3-5-12(6-4-11)14(18)19/h3-8H,9H2,1-2H3,(H,18,19). The molecule has 1 aromatic carbocycles. The van der Waals surface area contributed by atoms with Gasteiger partial charge in [-0.1, -0.05) is 12.1 Å². The molecule has 1 N–H and O–H groups in total. The highest BCUT2D eigenvalue weighted by Gasteiger charge is 2.06. The first-order valence-corrected chi connectivity index (χ1v) is 5.89. The number of nitrogens with zero attached hydrogens (tertiary/aromatic N) is 3. The Balaban J connectivity index is 2.10. The zero-order valence-electron chi connectivity index (χ0n) is 10.9. The first kappa shape index (κ1) is 13.0. The summed E-state index contributed by atoms with van der Waals surface area (Å²) in [5, 5.41) is 8.84. The second kappa shape index (κ2) is 5.48. The third kappa shape index (κ3) is 3.28. The molecule has 0 amide bonds. The van der Waals surface area contributed by atoms with Crippen molar-refractivity contribution in [2.75, 3.05) is 11.9 Å². The lowest BCUT2D eigenvalue weighted by Gasteiger charge is -2.18. The van der Waals surface area contributed by atoms with E-state index in [1.54, 1.807) is 18.3 Å². The second-order valence-corrected chi connectivity index (χ2v) is 4.32. The van der Waals surface area contributed by atoms with Gasteiger partial charge in [-0.3, -0.25) is 0 Å². The van der Waals surface area contributed by atoms with Gasteiger partial charge in [-0.15, -0.1) is 0 Å². The molecule has 1 heterocycles. The van der Waals surface area contributed by atoms with E-state index in [0.29, 0.717) is 12.1 Å². The molecular weight excluding hydrogens is 242 g/mol. The van der Waals surface area contributed by atoms with Crippen molar-refractivity contribution in [1.29, 1.82) is 0 Å². The van der Waals surface area contributed by atoms with Crippen molar-refractivity contribution < 1.29 is 9.90 Å². The second-order valence-electron chi connectivity index (χ2n) is 4.32. The van der Waals surface area contributed by atoms with Crippen molar-refractivity contribution in [2.45, 2.75) is 13.5 Å². The van der Waals surface area contributed by atoms with Crippen LogP contribution in [0, 0.1) is 6.92 Å². The summed E-state index contributed by atoms with van der Waals surface area (Å²) in [6, 6.07) is 8.69. The summed E-state index contributed by atoms with van der Waals surface area (Å²) >= 11 is 0. The quantitative estimate of drug-likeness (QED) is 0.908. The van der Waals surface area contributed by atoms with E-state index in [2.05, 4.69) is 9.97 Å². The molecular formula is C14H15N3O2. The van der Waals surface area contributed by atoms with Crippen LogP contribution in [0.3, 0.4) is 0 Å². The molecule has 19 heavy (non-hydrogen) atoms. The van der Waals surface area contributed by atoms with E-state index in [0.717, 1.165) is 17.2 Å². The van der Waals surface area contributed by atoms with Gasteiger partial charge >= 0.3 is 5.97 Å². The molecule has 0 aliphatic carbocycles. The minimum atomic E-state index is -0.911. The molecule has 0 saturated carbocycles. The van der Waals surface area contributed by atoms with Crippen LogP contribution in [0.15, 0.2) is 36.5 Å². The lowest BCUT2D eigenvalue weighted by Crippen LogP contribution is -2.18. The molecule has 0 spiro atoms. The minimum absolute atomic E-state index is 0.296. The number of hydrogen-bond acceptors (Lipinski definition) is 4. The summed E-state index contributed by atoms with van der Waals surface area (Å²) in [6.45, 7) is 2.51. The molecule has 2 aromatic rings. The highest BCUT2D eigenvalue weighted by atomic mass is 16.4. The van der Waals surface area contributed by atoms with Gasteiger partial charge in [0, 0.05) is 19.8 Å². The van der Waals surface area contributed by atoms with Gasteiger partial charge in [0.2, 0.25) is 0 Å². The van der Waals surface area contributed by atoms with E-state index in [4.69, 9.17) is 5.11 Å². The Morgan fingerprint density at radius 3 is 2.53 bits per heavy atom. The fourth-order valence-electron chi connectivity index (χ4n) is 1.76. The predicted octanol–water partition coefficient (Wildman–Crippen LogP) is 2.12. The van der Waals surface area contributed by atoms with Crippen molar-refractivity contribution in [2.24, 2.45) is 0 Å². The van der Waals surface area contributed by atoms with E-state index in [9.17, 15) is 4.79 Å². The monoisotopic (exact) mass is 257 g/mol. The number of anilines is 1. The topological polar surface area (TPSA) is 66.3 Å². The highest BCUT2D eigenvalue weighted by Crippen LogP contribution is 2.13. The van der Waals surface area contributed by atoms with Gasteiger partial charge in [0.15, 0.2) is 0 Å². The van der Waals surface area contributed by atoms with Gasteiger partial charge in [-0.2, -0.15) is 0 Å². The molecule has 0 fully saturated rings. The van der Waals surface area contributed by atoms with E-state index in [1.807, 2.05) is 37.1 Å². The van der Waals surface area contributed by atoms with Gasteiger partial charge in [0.05, 0.1) is 5.56 Å². The number of benzene rings is 1. The lowest BCUT2D eigenvalue weighted by atomic mass is 10.1. The van der Waals surface area contributed by atoms with Crippen LogP contribution in [0.5, 0.6) is 0 Å². The van der Waals surface area contributed by atoms with Crippen LogP contribution in [-0.2, 0) is 6.54 Å². The molecule has 5 nitrogen and oxygen atoms in total. The Morgan fingerprint density at radius 2 is 1.95 bits per heavy atom. The van der Waals surface area contributed by atoms with Gasteiger partial charge in [0.1, 0.15) is 11.6 Å². The average molecular weight is 257 g/mol. The van der Waals surface area contributed by atoms with Gasteiger partial charge in [-0.25, -0.2) is 14.8 Å². The molecule has 0 aliphatic heterocycles. The molecule has 1 aromatic heterocycles. The molecule has 5 heteroatoms. The minimum Gasteiger partial charge on any atom is -0.478 e. The summed E-state index contributed by atoms with van der Waals surface area (Å²) in [5.74, 6) is 0.659. The van der Waals surface area contributed by atoms with Crippen molar-refractivity contribution in [3.63, 3.8) is 0 Å². The first-order chi connectivity index (χ1) is 9.06. The molecule has 0 aliphatic rings. The molecule has 0 saturated heterocycles. The maximum atomic E-state index is 10.8. The van der Waals surface area contributed by atoms with Gasteiger partial charge < -0.3 is 10.0 Å². The summed E-state index contributed by atoms with van der Waals surface area (Å²) < 4.78 is 0. The van der Waals surface area contributed by atoms with Gasteiger partial charge in [0.25, 0.3) is 0 Å². The van der Waals surface area contributed by atoms with E-state index < -0.39 is 5.97 Å². The number of carboxylic acids is 1. The normalized spacial score (nSPS) is 10.2. The fourth-order valence-corrected chi connectivity index (χ4v) is 1.76. The number of carboxylic acid groups (broad SMARTS) is 1. The Labute approximate surface area is 111 Å². The van der Waals surface area contributed by atoms with Crippen LogP contribution in [0.1, 0.15) is 21.7 Å². The maximum absolute atomic E-state index is 10.8. The zero-order valence-corrected chi connectivity index (χ0v) is 10.9. The van der Waals surface area contributed by atoms with Crippen LogP contribution in [0.25, 0.3) is 0 Å². The molecule has 0 bridgehead atoms. The highest BCUT2D eigenvalue weighted by molar-refractivity contribution is 5.87. The number of hydrogen-bond donors (Lipinski definition) is 1. The number of rotatable bonds is 4. The molecule has 0 unspecified atom stereocenters. The van der Waals surface area contributed by atoms with Crippen LogP contribution >= 0.6 is 0 Å². The van der Waals surface area contributed by atoms with Crippen molar-refractivity contribution in [3.8, 4) is 0 Å².